The number of carbonyl (C=O) groups excluding carboxylic acids is 1. The molecule has 1 aromatic heterocycles. The molecule has 1 aromatic carbocycles. The summed E-state index contributed by atoms with van der Waals surface area (Å²) in [6, 6.07) is 7.51. The maximum Gasteiger partial charge on any atom is 0.325 e. The highest BCUT2D eigenvalue weighted by atomic mass is 19.1. The van der Waals surface area contributed by atoms with E-state index in [2.05, 4.69) is 10.4 Å². The number of hydrogen-bond acceptors (Lipinski definition) is 3. The first-order valence-corrected chi connectivity index (χ1v) is 7.57. The van der Waals surface area contributed by atoms with Crippen molar-refractivity contribution in [2.45, 2.75) is 32.2 Å². The summed E-state index contributed by atoms with van der Waals surface area (Å²) in [6.07, 6.45) is 2.14. The number of amides is 1. The Morgan fingerprint density at radius 1 is 1.29 bits per heavy atom. The first-order chi connectivity index (χ1) is 11.2. The van der Waals surface area contributed by atoms with Crippen molar-refractivity contribution in [3.8, 4) is 0 Å². The van der Waals surface area contributed by atoms with Crippen LogP contribution >= 0.6 is 0 Å². The number of aromatic nitrogens is 2. The lowest BCUT2D eigenvalue weighted by Crippen LogP contribution is -2.32. The van der Waals surface area contributed by atoms with Crippen LogP contribution in [0.15, 0.2) is 36.5 Å². The normalized spacial score (nSPS) is 21.3. The van der Waals surface area contributed by atoms with E-state index in [-0.39, 0.29) is 23.7 Å². The van der Waals surface area contributed by atoms with Crippen LogP contribution < -0.4 is 5.32 Å². The third kappa shape index (κ3) is 2.66. The van der Waals surface area contributed by atoms with E-state index in [1.54, 1.807) is 18.2 Å². The number of hydrogen-bond donors (Lipinski definition) is 2. The van der Waals surface area contributed by atoms with E-state index in [9.17, 15) is 14.0 Å². The van der Waals surface area contributed by atoms with Crippen LogP contribution in [0.3, 0.4) is 0 Å². The Morgan fingerprint density at radius 3 is 2.46 bits per heavy atom. The second-order valence-corrected chi connectivity index (χ2v) is 6.72. The molecule has 0 saturated heterocycles. The molecule has 1 heterocycles. The van der Waals surface area contributed by atoms with Gasteiger partial charge in [-0.2, -0.15) is 5.10 Å². The summed E-state index contributed by atoms with van der Waals surface area (Å²) in [7, 11) is 0. The molecule has 0 aliphatic heterocycles. The largest absolute Gasteiger partial charge is 0.480 e. The summed E-state index contributed by atoms with van der Waals surface area (Å²) in [4.78, 5) is 23.5. The second-order valence-electron chi connectivity index (χ2n) is 6.72. The van der Waals surface area contributed by atoms with Crippen molar-refractivity contribution in [1.29, 1.82) is 0 Å². The molecule has 1 unspecified atom stereocenters. The van der Waals surface area contributed by atoms with E-state index in [1.165, 1.54) is 23.0 Å². The summed E-state index contributed by atoms with van der Waals surface area (Å²) >= 11 is 0. The van der Waals surface area contributed by atoms with Crippen molar-refractivity contribution < 1.29 is 19.1 Å². The number of carbonyl (C=O) groups is 2. The van der Waals surface area contributed by atoms with Crippen LogP contribution in [0.5, 0.6) is 0 Å². The molecular formula is C17H18FN3O3. The minimum absolute atomic E-state index is 0.223. The number of aliphatic carboxylic acids is 1. The standard InChI is InChI=1S/C17H18FN3O3/c1-16(2)10-17(16,11-3-5-12(18)6-4-11)15(24)19-13-7-8-21(20-13)9-14(22)23/h3-8H,9-10H2,1-2H3,(H,22,23)(H,19,20,24). The summed E-state index contributed by atoms with van der Waals surface area (Å²) in [6.45, 7) is 3.70. The van der Waals surface area contributed by atoms with Crippen LogP contribution in [0.2, 0.25) is 0 Å². The molecule has 0 bridgehead atoms. The van der Waals surface area contributed by atoms with Crippen LogP contribution in [0.1, 0.15) is 25.8 Å². The van der Waals surface area contributed by atoms with Gasteiger partial charge in [-0.3, -0.25) is 14.3 Å². The molecule has 6 nitrogen and oxygen atoms in total. The number of nitrogens with one attached hydrogen (secondary N) is 1. The number of carboxylic acids is 1. The van der Waals surface area contributed by atoms with Crippen LogP contribution in [0, 0.1) is 11.2 Å². The molecule has 0 spiro atoms. The number of rotatable bonds is 5. The van der Waals surface area contributed by atoms with E-state index >= 15 is 0 Å². The van der Waals surface area contributed by atoms with Crippen LogP contribution in [-0.2, 0) is 21.5 Å². The summed E-state index contributed by atoms with van der Waals surface area (Å²) in [5.74, 6) is -1.28. The number of nitrogens with zero attached hydrogens (tertiary/aromatic N) is 2. The van der Waals surface area contributed by atoms with E-state index in [0.717, 1.165) is 5.56 Å². The molecule has 1 saturated carbocycles. The molecule has 1 amide bonds. The second kappa shape index (κ2) is 5.43. The average Bonchev–Trinajstić information content (AvgIpc) is 2.84. The minimum Gasteiger partial charge on any atom is -0.480 e. The van der Waals surface area contributed by atoms with Gasteiger partial charge in [-0.05, 0) is 29.5 Å². The van der Waals surface area contributed by atoms with Gasteiger partial charge in [0.2, 0.25) is 5.91 Å². The average molecular weight is 331 g/mol. The van der Waals surface area contributed by atoms with Crippen LogP contribution in [-0.4, -0.2) is 26.8 Å². The minimum atomic E-state index is -1.01. The Kier molecular flexibility index (Phi) is 3.66. The van der Waals surface area contributed by atoms with Gasteiger partial charge in [-0.1, -0.05) is 26.0 Å². The third-order valence-corrected chi connectivity index (χ3v) is 4.64. The highest BCUT2D eigenvalue weighted by Crippen LogP contribution is 2.64. The monoisotopic (exact) mass is 331 g/mol. The van der Waals surface area contributed by atoms with Crippen molar-refractivity contribution in [2.24, 2.45) is 5.41 Å². The van der Waals surface area contributed by atoms with Crippen LogP contribution in [0.4, 0.5) is 10.2 Å². The van der Waals surface area contributed by atoms with Gasteiger partial charge >= 0.3 is 5.97 Å². The molecule has 24 heavy (non-hydrogen) atoms. The van der Waals surface area contributed by atoms with Crippen molar-refractivity contribution in [3.63, 3.8) is 0 Å². The van der Waals surface area contributed by atoms with Crippen molar-refractivity contribution in [1.82, 2.24) is 9.78 Å². The predicted octanol–water partition coefficient (Wildman–Crippen LogP) is 2.41. The van der Waals surface area contributed by atoms with Gasteiger partial charge in [0.15, 0.2) is 5.82 Å². The number of carboxylic acid groups (broad SMARTS) is 1. The molecular weight excluding hydrogens is 313 g/mol. The van der Waals surface area contributed by atoms with Crippen molar-refractivity contribution in [3.05, 3.63) is 47.9 Å². The topological polar surface area (TPSA) is 84.2 Å². The molecule has 3 rings (SSSR count). The Bertz CT molecular complexity index is 798. The molecule has 0 radical (unpaired) electrons. The molecule has 126 valence electrons. The highest BCUT2D eigenvalue weighted by Gasteiger charge is 2.67. The van der Waals surface area contributed by atoms with Gasteiger partial charge in [-0.15, -0.1) is 0 Å². The number of anilines is 1. The molecule has 1 atom stereocenters. The molecule has 7 heteroatoms. The van der Waals surface area contributed by atoms with Crippen molar-refractivity contribution in [2.75, 3.05) is 5.32 Å². The zero-order valence-electron chi connectivity index (χ0n) is 13.4. The van der Waals surface area contributed by atoms with E-state index < -0.39 is 11.4 Å². The molecule has 1 aliphatic rings. The highest BCUT2D eigenvalue weighted by molar-refractivity contribution is 6.02. The molecule has 1 aliphatic carbocycles. The van der Waals surface area contributed by atoms with E-state index in [1.807, 2.05) is 13.8 Å². The number of benzene rings is 1. The maximum absolute atomic E-state index is 13.2. The fourth-order valence-corrected chi connectivity index (χ4v) is 3.24. The predicted molar refractivity (Wildman–Crippen MR) is 85.0 cm³/mol. The summed E-state index contributed by atoms with van der Waals surface area (Å²) < 4.78 is 14.4. The Morgan fingerprint density at radius 2 is 1.92 bits per heavy atom. The van der Waals surface area contributed by atoms with E-state index in [4.69, 9.17) is 5.11 Å². The van der Waals surface area contributed by atoms with Gasteiger partial charge in [0.1, 0.15) is 12.4 Å². The van der Waals surface area contributed by atoms with Crippen LogP contribution in [0.25, 0.3) is 0 Å². The lowest BCUT2D eigenvalue weighted by molar-refractivity contribution is -0.137. The molecule has 2 N–H and O–H groups in total. The zero-order chi connectivity index (χ0) is 17.5. The third-order valence-electron chi connectivity index (χ3n) is 4.64. The fourth-order valence-electron chi connectivity index (χ4n) is 3.24. The first kappa shape index (κ1) is 16.2. The van der Waals surface area contributed by atoms with Crippen molar-refractivity contribution >= 4 is 17.7 Å². The van der Waals surface area contributed by atoms with Gasteiger partial charge in [0.05, 0.1) is 5.41 Å². The molecule has 2 aromatic rings. The maximum atomic E-state index is 13.2. The zero-order valence-corrected chi connectivity index (χ0v) is 13.4. The van der Waals surface area contributed by atoms with Gasteiger partial charge < -0.3 is 10.4 Å². The van der Waals surface area contributed by atoms with E-state index in [0.29, 0.717) is 12.2 Å². The quantitative estimate of drug-likeness (QED) is 0.881. The summed E-state index contributed by atoms with van der Waals surface area (Å²) in [5.41, 5.74) is -0.230. The lowest BCUT2D eigenvalue weighted by Gasteiger charge is -2.20. The Balaban J connectivity index is 1.83. The SMILES string of the molecule is CC1(C)CC1(C(=O)Nc1ccn(CC(=O)O)n1)c1ccc(F)cc1. The fraction of sp³-hybridized carbons (Fsp3) is 0.353. The molecule has 1 fully saturated rings. The smallest absolute Gasteiger partial charge is 0.325 e. The number of halogens is 1. The first-order valence-electron chi connectivity index (χ1n) is 7.57. The van der Waals surface area contributed by atoms with Gasteiger partial charge in [0, 0.05) is 12.3 Å². The van der Waals surface area contributed by atoms with Gasteiger partial charge in [-0.25, -0.2) is 4.39 Å². The Hall–Kier alpha value is -2.70. The summed E-state index contributed by atoms with van der Waals surface area (Å²) in [5, 5.41) is 15.5. The van der Waals surface area contributed by atoms with Gasteiger partial charge in [0.25, 0.3) is 0 Å². The Labute approximate surface area is 138 Å². The lowest BCUT2D eigenvalue weighted by atomic mass is 9.87.